The topological polar surface area (TPSA) is 69.6 Å². The molecule has 1 saturated carbocycles. The zero-order valence-electron chi connectivity index (χ0n) is 9.07. The van der Waals surface area contributed by atoms with Crippen molar-refractivity contribution in [1.82, 2.24) is 5.32 Å². The first-order valence-corrected chi connectivity index (χ1v) is 5.38. The van der Waals surface area contributed by atoms with Crippen LogP contribution in [0.4, 0.5) is 0 Å². The van der Waals surface area contributed by atoms with E-state index >= 15 is 0 Å². The van der Waals surface area contributed by atoms with E-state index in [1.807, 2.05) is 0 Å². The van der Waals surface area contributed by atoms with E-state index in [1.165, 1.54) is 6.08 Å². The summed E-state index contributed by atoms with van der Waals surface area (Å²) in [6.45, 7) is 3.13. The standard InChI is InChI=1S/C11H19NO3/c1-8(5-11(14)15)6-12-7-9-3-2-4-10(9)13/h5,9-10,12-13H,2-4,6-7H2,1H3,(H,14,15). The van der Waals surface area contributed by atoms with Gasteiger partial charge in [-0.2, -0.15) is 0 Å². The summed E-state index contributed by atoms with van der Waals surface area (Å²) in [6, 6.07) is 0. The van der Waals surface area contributed by atoms with Gasteiger partial charge >= 0.3 is 5.97 Å². The van der Waals surface area contributed by atoms with Crippen molar-refractivity contribution in [2.45, 2.75) is 32.3 Å². The van der Waals surface area contributed by atoms with E-state index in [0.29, 0.717) is 12.5 Å². The largest absolute Gasteiger partial charge is 0.478 e. The Balaban J connectivity index is 2.18. The van der Waals surface area contributed by atoms with Gasteiger partial charge in [-0.25, -0.2) is 4.79 Å². The van der Waals surface area contributed by atoms with Crippen molar-refractivity contribution in [3.05, 3.63) is 11.6 Å². The van der Waals surface area contributed by atoms with E-state index < -0.39 is 5.97 Å². The molecule has 1 rings (SSSR count). The molecule has 1 aliphatic carbocycles. The third kappa shape index (κ3) is 4.44. The van der Waals surface area contributed by atoms with Crippen LogP contribution in [0.15, 0.2) is 11.6 Å². The van der Waals surface area contributed by atoms with Crippen LogP contribution in [0, 0.1) is 5.92 Å². The maximum absolute atomic E-state index is 10.3. The number of carbonyl (C=O) groups is 1. The van der Waals surface area contributed by atoms with Crippen molar-refractivity contribution in [2.24, 2.45) is 5.92 Å². The molecule has 2 atom stereocenters. The van der Waals surface area contributed by atoms with Crippen molar-refractivity contribution in [3.8, 4) is 0 Å². The molecule has 0 heterocycles. The Hall–Kier alpha value is -0.870. The number of hydrogen-bond donors (Lipinski definition) is 3. The molecule has 0 radical (unpaired) electrons. The van der Waals surface area contributed by atoms with E-state index in [9.17, 15) is 9.90 Å². The second kappa shape index (κ2) is 5.88. The lowest BCUT2D eigenvalue weighted by molar-refractivity contribution is -0.131. The first-order valence-electron chi connectivity index (χ1n) is 5.38. The van der Waals surface area contributed by atoms with Crippen molar-refractivity contribution < 1.29 is 15.0 Å². The molecule has 0 aromatic heterocycles. The molecule has 4 heteroatoms. The molecule has 0 aromatic rings. The van der Waals surface area contributed by atoms with Crippen LogP contribution in [0.25, 0.3) is 0 Å². The molecule has 1 fully saturated rings. The van der Waals surface area contributed by atoms with Gasteiger partial charge in [0, 0.05) is 19.2 Å². The zero-order chi connectivity index (χ0) is 11.3. The van der Waals surface area contributed by atoms with Crippen LogP contribution in [0.5, 0.6) is 0 Å². The minimum Gasteiger partial charge on any atom is -0.478 e. The summed E-state index contributed by atoms with van der Waals surface area (Å²) in [5.41, 5.74) is 0.801. The Morgan fingerprint density at radius 1 is 1.53 bits per heavy atom. The molecule has 0 amide bonds. The van der Waals surface area contributed by atoms with Gasteiger partial charge in [-0.1, -0.05) is 12.0 Å². The van der Waals surface area contributed by atoms with Crippen LogP contribution in [0.1, 0.15) is 26.2 Å². The summed E-state index contributed by atoms with van der Waals surface area (Å²) in [5.74, 6) is -0.571. The second-order valence-electron chi connectivity index (χ2n) is 4.22. The van der Waals surface area contributed by atoms with Gasteiger partial charge in [0.05, 0.1) is 6.10 Å². The molecule has 0 aromatic carbocycles. The van der Waals surface area contributed by atoms with Crippen LogP contribution in [-0.4, -0.2) is 35.4 Å². The molecular weight excluding hydrogens is 194 g/mol. The lowest BCUT2D eigenvalue weighted by Gasteiger charge is -2.14. The van der Waals surface area contributed by atoms with Crippen LogP contribution >= 0.6 is 0 Å². The van der Waals surface area contributed by atoms with E-state index in [4.69, 9.17) is 5.11 Å². The highest BCUT2D eigenvalue weighted by molar-refractivity contribution is 5.80. The highest BCUT2D eigenvalue weighted by Crippen LogP contribution is 2.24. The maximum Gasteiger partial charge on any atom is 0.328 e. The quantitative estimate of drug-likeness (QED) is 0.590. The molecule has 15 heavy (non-hydrogen) atoms. The van der Waals surface area contributed by atoms with Crippen LogP contribution in [0.3, 0.4) is 0 Å². The fraction of sp³-hybridized carbons (Fsp3) is 0.727. The minimum absolute atomic E-state index is 0.179. The first kappa shape index (κ1) is 12.2. The third-order valence-corrected chi connectivity index (χ3v) is 2.80. The summed E-state index contributed by atoms with van der Waals surface area (Å²) < 4.78 is 0. The van der Waals surface area contributed by atoms with Crippen LogP contribution in [0.2, 0.25) is 0 Å². The van der Waals surface area contributed by atoms with E-state index in [0.717, 1.165) is 31.4 Å². The highest BCUT2D eigenvalue weighted by atomic mass is 16.4. The lowest BCUT2D eigenvalue weighted by Crippen LogP contribution is -2.28. The molecule has 86 valence electrons. The van der Waals surface area contributed by atoms with Gasteiger partial charge in [0.25, 0.3) is 0 Å². The Morgan fingerprint density at radius 2 is 2.27 bits per heavy atom. The molecule has 3 N–H and O–H groups in total. The molecule has 0 aliphatic heterocycles. The predicted molar refractivity (Wildman–Crippen MR) is 57.6 cm³/mol. The van der Waals surface area contributed by atoms with Crippen molar-refractivity contribution in [3.63, 3.8) is 0 Å². The Kier molecular flexibility index (Phi) is 4.78. The number of aliphatic carboxylic acids is 1. The number of aliphatic hydroxyl groups excluding tert-OH is 1. The van der Waals surface area contributed by atoms with Crippen molar-refractivity contribution in [1.29, 1.82) is 0 Å². The van der Waals surface area contributed by atoms with Gasteiger partial charge in [-0.05, 0) is 25.7 Å². The van der Waals surface area contributed by atoms with Crippen LogP contribution in [-0.2, 0) is 4.79 Å². The fourth-order valence-electron chi connectivity index (χ4n) is 1.97. The van der Waals surface area contributed by atoms with E-state index in [2.05, 4.69) is 5.32 Å². The van der Waals surface area contributed by atoms with Gasteiger partial charge in [0.15, 0.2) is 0 Å². The molecule has 0 saturated heterocycles. The molecule has 0 spiro atoms. The normalized spacial score (nSPS) is 26.9. The molecule has 4 nitrogen and oxygen atoms in total. The third-order valence-electron chi connectivity index (χ3n) is 2.80. The number of carboxylic acids is 1. The SMILES string of the molecule is CC(=CC(=O)O)CNCC1CCCC1O. The average Bonchev–Trinajstić information content (AvgIpc) is 2.50. The number of carboxylic acid groups (broad SMARTS) is 1. The molecular formula is C11H19NO3. The Labute approximate surface area is 90.0 Å². The summed E-state index contributed by atoms with van der Waals surface area (Å²) in [4.78, 5) is 10.3. The minimum atomic E-state index is -0.907. The summed E-state index contributed by atoms with van der Waals surface area (Å²) in [5, 5.41) is 21.2. The van der Waals surface area contributed by atoms with Crippen LogP contribution < -0.4 is 5.32 Å². The molecule has 2 unspecified atom stereocenters. The maximum atomic E-state index is 10.3. The monoisotopic (exact) mass is 213 g/mol. The number of aliphatic hydroxyl groups is 1. The lowest BCUT2D eigenvalue weighted by atomic mass is 10.1. The summed E-state index contributed by atoms with van der Waals surface area (Å²) in [7, 11) is 0. The predicted octanol–water partition coefficient (Wildman–Crippen LogP) is 0.768. The van der Waals surface area contributed by atoms with Gasteiger partial charge in [-0.15, -0.1) is 0 Å². The Bertz CT molecular complexity index is 250. The van der Waals surface area contributed by atoms with Gasteiger partial charge in [0.1, 0.15) is 0 Å². The molecule has 1 aliphatic rings. The van der Waals surface area contributed by atoms with E-state index in [-0.39, 0.29) is 6.10 Å². The van der Waals surface area contributed by atoms with Crippen molar-refractivity contribution in [2.75, 3.05) is 13.1 Å². The fourth-order valence-corrected chi connectivity index (χ4v) is 1.97. The summed E-state index contributed by atoms with van der Waals surface area (Å²) >= 11 is 0. The smallest absolute Gasteiger partial charge is 0.328 e. The Morgan fingerprint density at radius 3 is 2.80 bits per heavy atom. The molecule has 0 bridgehead atoms. The van der Waals surface area contributed by atoms with Gasteiger partial charge in [-0.3, -0.25) is 0 Å². The van der Waals surface area contributed by atoms with Gasteiger partial charge < -0.3 is 15.5 Å². The first-order chi connectivity index (χ1) is 7.09. The van der Waals surface area contributed by atoms with Crippen molar-refractivity contribution >= 4 is 5.97 Å². The van der Waals surface area contributed by atoms with E-state index in [1.54, 1.807) is 6.92 Å². The summed E-state index contributed by atoms with van der Waals surface area (Å²) in [6.07, 6.45) is 4.09. The zero-order valence-corrected chi connectivity index (χ0v) is 9.07. The second-order valence-corrected chi connectivity index (χ2v) is 4.22. The number of nitrogens with one attached hydrogen (secondary N) is 1. The number of hydrogen-bond acceptors (Lipinski definition) is 3. The highest BCUT2D eigenvalue weighted by Gasteiger charge is 2.24. The van der Waals surface area contributed by atoms with Gasteiger partial charge in [0.2, 0.25) is 0 Å². The average molecular weight is 213 g/mol. The number of rotatable bonds is 5.